The van der Waals surface area contributed by atoms with E-state index in [1.807, 2.05) is 18.2 Å². The van der Waals surface area contributed by atoms with Gasteiger partial charge in [-0.25, -0.2) is 0 Å². The smallest absolute Gasteiger partial charge is 0.230 e. The van der Waals surface area contributed by atoms with E-state index in [4.69, 9.17) is 0 Å². The maximum atomic E-state index is 12.9. The second-order valence-electron chi connectivity index (χ2n) is 5.58. The lowest BCUT2D eigenvalue weighted by Crippen LogP contribution is -2.44. The molecule has 1 aromatic rings. The van der Waals surface area contributed by atoms with Crippen LogP contribution in [-0.2, 0) is 4.79 Å². The summed E-state index contributed by atoms with van der Waals surface area (Å²) in [6.07, 6.45) is 8.68. The first-order valence-electron chi connectivity index (χ1n) is 7.35. The molecule has 0 aliphatic carbocycles. The minimum atomic E-state index is 0.0239. The summed E-state index contributed by atoms with van der Waals surface area (Å²) in [5.41, 5.74) is 1.16. The number of benzene rings is 1. The van der Waals surface area contributed by atoms with Crippen LogP contribution in [0.1, 0.15) is 44.1 Å². The van der Waals surface area contributed by atoms with E-state index in [0.29, 0.717) is 18.0 Å². The van der Waals surface area contributed by atoms with E-state index in [1.165, 1.54) is 0 Å². The monoisotopic (exact) mass is 255 g/mol. The first-order valence-corrected chi connectivity index (χ1v) is 7.35. The average Bonchev–Trinajstić information content (AvgIpc) is 2.70. The van der Waals surface area contributed by atoms with E-state index in [-0.39, 0.29) is 5.92 Å². The summed E-state index contributed by atoms with van der Waals surface area (Å²) >= 11 is 0. The summed E-state index contributed by atoms with van der Waals surface area (Å²) in [4.78, 5) is 15.0. The van der Waals surface area contributed by atoms with Crippen LogP contribution in [0.2, 0.25) is 0 Å². The van der Waals surface area contributed by atoms with Gasteiger partial charge in [0.1, 0.15) is 0 Å². The zero-order valence-electron chi connectivity index (χ0n) is 11.5. The van der Waals surface area contributed by atoms with E-state index in [0.717, 1.165) is 31.2 Å². The molecule has 2 heterocycles. The fourth-order valence-electron chi connectivity index (χ4n) is 3.49. The van der Waals surface area contributed by atoms with Crippen molar-refractivity contribution in [3.63, 3.8) is 0 Å². The Kier molecular flexibility index (Phi) is 3.41. The molecule has 0 aromatic heterocycles. The Labute approximate surface area is 115 Å². The summed E-state index contributed by atoms with van der Waals surface area (Å²) in [5, 5.41) is 0. The van der Waals surface area contributed by atoms with Crippen molar-refractivity contribution in [3.8, 4) is 0 Å². The lowest BCUT2D eigenvalue weighted by Gasteiger charge is -2.34. The highest BCUT2D eigenvalue weighted by atomic mass is 16.2. The molecule has 3 unspecified atom stereocenters. The summed E-state index contributed by atoms with van der Waals surface area (Å²) in [5.74, 6) is 0.348. The van der Waals surface area contributed by atoms with Crippen molar-refractivity contribution in [2.45, 2.75) is 50.6 Å². The van der Waals surface area contributed by atoms with Gasteiger partial charge >= 0.3 is 0 Å². The quantitative estimate of drug-likeness (QED) is 0.757. The third-order valence-electron chi connectivity index (χ3n) is 4.48. The molecular formula is C17H21NO. The van der Waals surface area contributed by atoms with Crippen molar-refractivity contribution in [2.75, 3.05) is 0 Å². The van der Waals surface area contributed by atoms with Crippen LogP contribution >= 0.6 is 0 Å². The van der Waals surface area contributed by atoms with Crippen LogP contribution < -0.4 is 0 Å². The van der Waals surface area contributed by atoms with Gasteiger partial charge in [-0.1, -0.05) is 49.4 Å². The van der Waals surface area contributed by atoms with E-state index >= 15 is 0 Å². The van der Waals surface area contributed by atoms with Gasteiger partial charge in [-0.3, -0.25) is 4.79 Å². The van der Waals surface area contributed by atoms with Gasteiger partial charge in [-0.2, -0.15) is 0 Å². The number of rotatable bonds is 3. The molecule has 0 radical (unpaired) electrons. The molecule has 2 aliphatic rings. The molecule has 1 fully saturated rings. The average molecular weight is 255 g/mol. The topological polar surface area (TPSA) is 20.3 Å². The van der Waals surface area contributed by atoms with E-state index in [2.05, 4.69) is 36.1 Å². The van der Waals surface area contributed by atoms with Crippen LogP contribution in [0.5, 0.6) is 0 Å². The Bertz CT molecular complexity index is 479. The minimum Gasteiger partial charge on any atom is -0.332 e. The molecular weight excluding hydrogens is 234 g/mol. The van der Waals surface area contributed by atoms with Gasteiger partial charge in [0.25, 0.3) is 0 Å². The highest BCUT2D eigenvalue weighted by molar-refractivity contribution is 5.85. The van der Waals surface area contributed by atoms with Gasteiger partial charge in [0, 0.05) is 6.04 Å². The molecule has 19 heavy (non-hydrogen) atoms. The predicted octanol–water partition coefficient (Wildman–Crippen LogP) is 3.50. The SMILES string of the molecule is CCC(C(=O)N1C2C=CCC1CC2)c1ccccc1. The zero-order valence-corrected chi connectivity index (χ0v) is 11.5. The van der Waals surface area contributed by atoms with Crippen molar-refractivity contribution in [1.29, 1.82) is 0 Å². The predicted molar refractivity (Wildman–Crippen MR) is 76.9 cm³/mol. The fourth-order valence-corrected chi connectivity index (χ4v) is 3.49. The Morgan fingerprint density at radius 1 is 1.32 bits per heavy atom. The first kappa shape index (κ1) is 12.5. The molecule has 1 amide bonds. The lowest BCUT2D eigenvalue weighted by molar-refractivity contribution is -0.135. The molecule has 1 aromatic carbocycles. The molecule has 3 atom stereocenters. The second kappa shape index (κ2) is 5.20. The van der Waals surface area contributed by atoms with Gasteiger partial charge in [-0.15, -0.1) is 0 Å². The number of hydrogen-bond donors (Lipinski definition) is 0. The second-order valence-corrected chi connectivity index (χ2v) is 5.58. The minimum absolute atomic E-state index is 0.0239. The molecule has 2 bridgehead atoms. The Morgan fingerprint density at radius 2 is 2.11 bits per heavy atom. The molecule has 3 rings (SSSR count). The first-order chi connectivity index (χ1) is 9.31. The maximum absolute atomic E-state index is 12.9. The number of fused-ring (bicyclic) bond motifs is 2. The lowest BCUT2D eigenvalue weighted by atomic mass is 9.93. The number of hydrogen-bond acceptors (Lipinski definition) is 1. The van der Waals surface area contributed by atoms with Crippen molar-refractivity contribution in [2.24, 2.45) is 0 Å². The molecule has 2 heteroatoms. The molecule has 0 spiro atoms. The third-order valence-corrected chi connectivity index (χ3v) is 4.48. The van der Waals surface area contributed by atoms with Crippen molar-refractivity contribution in [1.82, 2.24) is 4.90 Å². The Morgan fingerprint density at radius 3 is 2.79 bits per heavy atom. The summed E-state index contributed by atoms with van der Waals surface area (Å²) in [6, 6.07) is 11.0. The van der Waals surface area contributed by atoms with Crippen LogP contribution in [0, 0.1) is 0 Å². The van der Waals surface area contributed by atoms with Gasteiger partial charge in [0.05, 0.1) is 12.0 Å². The number of amides is 1. The van der Waals surface area contributed by atoms with Crippen LogP contribution in [-0.4, -0.2) is 22.9 Å². The van der Waals surface area contributed by atoms with Crippen LogP contribution in [0.4, 0.5) is 0 Å². The fraction of sp³-hybridized carbons (Fsp3) is 0.471. The molecule has 2 nitrogen and oxygen atoms in total. The van der Waals surface area contributed by atoms with E-state index < -0.39 is 0 Å². The molecule has 2 aliphatic heterocycles. The molecule has 100 valence electrons. The van der Waals surface area contributed by atoms with Crippen LogP contribution in [0.3, 0.4) is 0 Å². The van der Waals surface area contributed by atoms with Crippen LogP contribution in [0.25, 0.3) is 0 Å². The van der Waals surface area contributed by atoms with Crippen LogP contribution in [0.15, 0.2) is 42.5 Å². The van der Waals surface area contributed by atoms with Crippen molar-refractivity contribution >= 4 is 5.91 Å². The number of nitrogens with zero attached hydrogens (tertiary/aromatic N) is 1. The molecule has 1 saturated heterocycles. The zero-order chi connectivity index (χ0) is 13.2. The van der Waals surface area contributed by atoms with Gasteiger partial charge < -0.3 is 4.90 Å². The summed E-state index contributed by atoms with van der Waals surface area (Å²) in [6.45, 7) is 2.11. The number of carbonyl (C=O) groups excluding carboxylic acids is 1. The highest BCUT2D eigenvalue weighted by Crippen LogP contribution is 2.35. The van der Waals surface area contributed by atoms with E-state index in [9.17, 15) is 4.79 Å². The Balaban J connectivity index is 1.85. The van der Waals surface area contributed by atoms with Crippen molar-refractivity contribution < 1.29 is 4.79 Å². The van der Waals surface area contributed by atoms with Gasteiger partial charge in [0.15, 0.2) is 0 Å². The highest BCUT2D eigenvalue weighted by Gasteiger charge is 2.39. The third kappa shape index (κ3) is 2.20. The standard InChI is InChI=1S/C17H21NO/c1-2-16(13-7-4-3-5-8-13)17(19)18-14-9-6-10-15(18)12-11-14/h3-9,14-16H,2,10-12H2,1H3. The number of carbonyl (C=O) groups is 1. The maximum Gasteiger partial charge on any atom is 0.230 e. The van der Waals surface area contributed by atoms with Gasteiger partial charge in [0.2, 0.25) is 5.91 Å². The van der Waals surface area contributed by atoms with Gasteiger partial charge in [-0.05, 0) is 31.2 Å². The van der Waals surface area contributed by atoms with Crippen molar-refractivity contribution in [3.05, 3.63) is 48.0 Å². The molecule has 0 N–H and O–H groups in total. The summed E-state index contributed by atoms with van der Waals surface area (Å²) < 4.78 is 0. The summed E-state index contributed by atoms with van der Waals surface area (Å²) in [7, 11) is 0. The largest absolute Gasteiger partial charge is 0.332 e. The molecule has 0 saturated carbocycles. The van der Waals surface area contributed by atoms with E-state index in [1.54, 1.807) is 0 Å². The Hall–Kier alpha value is -1.57. The normalized spacial score (nSPS) is 26.5.